The lowest BCUT2D eigenvalue weighted by molar-refractivity contribution is -0.255. The molecule has 4 heteroatoms. The average molecular weight is 291 g/mol. The molecule has 0 amide bonds. The van der Waals surface area contributed by atoms with Crippen LogP contribution < -0.4 is 10.4 Å². The molecular formula is C18H15N2O2-. The maximum atomic E-state index is 11.1. The number of rotatable bonds is 2. The summed E-state index contributed by atoms with van der Waals surface area (Å²) in [6.45, 7) is 0. The monoisotopic (exact) mass is 291 g/mol. The van der Waals surface area contributed by atoms with Crippen molar-refractivity contribution in [2.24, 2.45) is 5.92 Å². The lowest BCUT2D eigenvalue weighted by Crippen LogP contribution is -2.30. The second-order valence-corrected chi connectivity index (χ2v) is 5.82. The number of hydrogen-bond acceptors (Lipinski definition) is 4. The Kier molecular flexibility index (Phi) is 2.96. The van der Waals surface area contributed by atoms with E-state index in [4.69, 9.17) is 0 Å². The molecule has 1 aromatic heterocycles. The summed E-state index contributed by atoms with van der Waals surface area (Å²) in [5.41, 5.74) is 3.27. The number of pyridine rings is 1. The number of benzene rings is 1. The second kappa shape index (κ2) is 4.98. The maximum absolute atomic E-state index is 11.1. The molecule has 0 radical (unpaired) electrons. The van der Waals surface area contributed by atoms with Gasteiger partial charge in [0.15, 0.2) is 0 Å². The number of carbonyl (C=O) groups is 1. The van der Waals surface area contributed by atoms with Crippen LogP contribution in [-0.2, 0) is 0 Å². The van der Waals surface area contributed by atoms with E-state index in [1.807, 2.05) is 30.5 Å². The van der Waals surface area contributed by atoms with E-state index >= 15 is 0 Å². The van der Waals surface area contributed by atoms with E-state index in [1.165, 1.54) is 0 Å². The molecule has 0 spiro atoms. The number of carboxylic acid groups (broad SMARTS) is 1. The fourth-order valence-electron chi connectivity index (χ4n) is 3.57. The summed E-state index contributed by atoms with van der Waals surface area (Å²) in [4.78, 5) is 15.6. The minimum Gasteiger partial charge on any atom is -0.545 e. The second-order valence-electron chi connectivity index (χ2n) is 5.82. The zero-order valence-corrected chi connectivity index (χ0v) is 11.9. The molecule has 4 nitrogen and oxygen atoms in total. The van der Waals surface area contributed by atoms with Crippen molar-refractivity contribution >= 4 is 11.7 Å². The molecule has 0 bridgehead atoms. The highest BCUT2D eigenvalue weighted by atomic mass is 16.4. The highest BCUT2D eigenvalue weighted by Crippen LogP contribution is 2.49. The van der Waals surface area contributed by atoms with E-state index in [9.17, 15) is 9.90 Å². The van der Waals surface area contributed by atoms with Crippen molar-refractivity contribution in [1.82, 2.24) is 4.98 Å². The smallest absolute Gasteiger partial charge is 0.0725 e. The van der Waals surface area contributed by atoms with E-state index in [0.29, 0.717) is 5.92 Å². The average Bonchev–Trinajstić information content (AvgIpc) is 3.04. The van der Waals surface area contributed by atoms with E-state index < -0.39 is 5.97 Å². The number of aromatic nitrogens is 1. The quantitative estimate of drug-likeness (QED) is 0.862. The summed E-state index contributed by atoms with van der Waals surface area (Å²) in [5.74, 6) is -0.546. The van der Waals surface area contributed by atoms with Gasteiger partial charge in [0.1, 0.15) is 0 Å². The van der Waals surface area contributed by atoms with Crippen molar-refractivity contribution in [3.63, 3.8) is 0 Å². The first-order chi connectivity index (χ1) is 10.7. The SMILES string of the molecule is O=C([O-])c1ccc2c(c1)[C@@H]1C=CC[C@@H]1[C@H](c1ccccn1)N2. The van der Waals surface area contributed by atoms with Gasteiger partial charge in [0.2, 0.25) is 0 Å². The molecule has 0 fully saturated rings. The van der Waals surface area contributed by atoms with Crippen LogP contribution >= 0.6 is 0 Å². The molecule has 3 atom stereocenters. The molecule has 2 heterocycles. The number of hydrogen-bond donors (Lipinski definition) is 1. The Labute approximate surface area is 128 Å². The van der Waals surface area contributed by atoms with Crippen LogP contribution in [0.5, 0.6) is 0 Å². The Morgan fingerprint density at radius 3 is 2.95 bits per heavy atom. The molecular weight excluding hydrogens is 276 g/mol. The fraction of sp³-hybridized carbons (Fsp3) is 0.222. The molecule has 1 N–H and O–H groups in total. The molecule has 0 saturated heterocycles. The Hall–Kier alpha value is -2.62. The standard InChI is InChI=1S/C18H16N2O2/c21-18(22)11-7-8-15-14(10-11)12-4-3-5-13(12)17(20-15)16-6-1-2-9-19-16/h1-4,6-10,12-13,17,20H,5H2,(H,21,22)/p-1/t12-,13+,17-/m1/s1. The lowest BCUT2D eigenvalue weighted by Gasteiger charge is -2.37. The van der Waals surface area contributed by atoms with Crippen LogP contribution in [0.25, 0.3) is 0 Å². The zero-order valence-electron chi connectivity index (χ0n) is 11.9. The van der Waals surface area contributed by atoms with Crippen molar-refractivity contribution in [2.75, 3.05) is 5.32 Å². The van der Waals surface area contributed by atoms with Crippen molar-refractivity contribution in [3.8, 4) is 0 Å². The Balaban J connectivity index is 1.79. The molecule has 110 valence electrons. The summed E-state index contributed by atoms with van der Waals surface area (Å²) >= 11 is 0. The van der Waals surface area contributed by atoms with Gasteiger partial charge in [-0.15, -0.1) is 0 Å². The predicted molar refractivity (Wildman–Crippen MR) is 81.4 cm³/mol. The Bertz CT molecular complexity index is 755. The predicted octanol–water partition coefficient (Wildman–Crippen LogP) is 2.27. The van der Waals surface area contributed by atoms with Crippen LogP contribution in [0.15, 0.2) is 54.7 Å². The summed E-state index contributed by atoms with van der Waals surface area (Å²) < 4.78 is 0. The minimum atomic E-state index is -1.13. The summed E-state index contributed by atoms with van der Waals surface area (Å²) in [6.07, 6.45) is 7.13. The highest BCUT2D eigenvalue weighted by Gasteiger charge is 2.38. The molecule has 1 aliphatic heterocycles. The molecule has 1 aliphatic carbocycles. The van der Waals surface area contributed by atoms with Crippen molar-refractivity contribution in [3.05, 3.63) is 71.6 Å². The number of fused-ring (bicyclic) bond motifs is 3. The normalized spacial score (nSPS) is 25.2. The van der Waals surface area contributed by atoms with Crippen LogP contribution in [0.1, 0.15) is 40.0 Å². The summed E-state index contributed by atoms with van der Waals surface area (Å²) in [5, 5.41) is 14.6. The Morgan fingerprint density at radius 1 is 1.27 bits per heavy atom. The van der Waals surface area contributed by atoms with Crippen molar-refractivity contribution in [1.29, 1.82) is 0 Å². The van der Waals surface area contributed by atoms with E-state index in [-0.39, 0.29) is 17.5 Å². The number of anilines is 1. The van der Waals surface area contributed by atoms with Gasteiger partial charge in [-0.2, -0.15) is 0 Å². The van der Waals surface area contributed by atoms with Crippen molar-refractivity contribution in [2.45, 2.75) is 18.4 Å². The topological polar surface area (TPSA) is 65.0 Å². The number of aromatic carboxylic acids is 1. The maximum Gasteiger partial charge on any atom is 0.0725 e. The van der Waals surface area contributed by atoms with Crippen LogP contribution in [0.3, 0.4) is 0 Å². The first-order valence-electron chi connectivity index (χ1n) is 7.43. The minimum absolute atomic E-state index is 0.141. The Morgan fingerprint density at radius 2 is 2.18 bits per heavy atom. The van der Waals surface area contributed by atoms with Gasteiger partial charge in [0.05, 0.1) is 17.7 Å². The van der Waals surface area contributed by atoms with E-state index in [2.05, 4.69) is 22.5 Å². The molecule has 2 aliphatic rings. The molecule has 1 aromatic carbocycles. The number of nitrogens with zero attached hydrogens (tertiary/aromatic N) is 1. The van der Waals surface area contributed by atoms with E-state index in [0.717, 1.165) is 23.4 Å². The lowest BCUT2D eigenvalue weighted by atomic mass is 9.78. The third kappa shape index (κ3) is 1.99. The van der Waals surface area contributed by atoms with Gasteiger partial charge < -0.3 is 15.2 Å². The first kappa shape index (κ1) is 13.1. The molecule has 4 rings (SSSR count). The molecule has 0 unspecified atom stereocenters. The zero-order chi connectivity index (χ0) is 15.1. The van der Waals surface area contributed by atoms with Crippen molar-refractivity contribution < 1.29 is 9.90 Å². The van der Waals surface area contributed by atoms with Crippen LogP contribution in [0.4, 0.5) is 5.69 Å². The van der Waals surface area contributed by atoms with Gasteiger partial charge in [-0.3, -0.25) is 4.98 Å². The molecule has 2 aromatic rings. The van der Waals surface area contributed by atoms with Gasteiger partial charge in [-0.05, 0) is 47.7 Å². The molecule has 22 heavy (non-hydrogen) atoms. The highest BCUT2D eigenvalue weighted by molar-refractivity contribution is 5.87. The van der Waals surface area contributed by atoms with E-state index in [1.54, 1.807) is 12.1 Å². The third-order valence-electron chi connectivity index (χ3n) is 4.60. The van der Waals surface area contributed by atoms with Crippen LogP contribution in [0, 0.1) is 5.92 Å². The van der Waals surface area contributed by atoms with Crippen LogP contribution in [0.2, 0.25) is 0 Å². The summed E-state index contributed by atoms with van der Waals surface area (Å²) in [7, 11) is 0. The molecule has 0 saturated carbocycles. The van der Waals surface area contributed by atoms with Gasteiger partial charge in [0, 0.05) is 17.8 Å². The van der Waals surface area contributed by atoms with Crippen LogP contribution in [-0.4, -0.2) is 11.0 Å². The third-order valence-corrected chi connectivity index (χ3v) is 4.60. The fourth-order valence-corrected chi connectivity index (χ4v) is 3.57. The number of carboxylic acids is 1. The number of allylic oxidation sites excluding steroid dienone is 2. The van der Waals surface area contributed by atoms with Gasteiger partial charge in [-0.1, -0.05) is 24.3 Å². The van der Waals surface area contributed by atoms with Gasteiger partial charge >= 0.3 is 0 Å². The first-order valence-corrected chi connectivity index (χ1v) is 7.43. The largest absolute Gasteiger partial charge is 0.545 e. The number of nitrogens with one attached hydrogen (secondary N) is 1. The van der Waals surface area contributed by atoms with Gasteiger partial charge in [0.25, 0.3) is 0 Å². The van der Waals surface area contributed by atoms with Gasteiger partial charge in [-0.25, -0.2) is 0 Å². The number of carbonyl (C=O) groups excluding carboxylic acids is 1. The summed E-state index contributed by atoms with van der Waals surface area (Å²) in [6, 6.07) is 11.2.